The van der Waals surface area contributed by atoms with E-state index in [-0.39, 0.29) is 12.3 Å². The first-order valence-electron chi connectivity index (χ1n) is 11.6. The van der Waals surface area contributed by atoms with E-state index in [2.05, 4.69) is 10.6 Å². The molecule has 7 atom stereocenters. The van der Waals surface area contributed by atoms with E-state index in [0.717, 1.165) is 0 Å². The van der Waals surface area contributed by atoms with E-state index >= 15 is 0 Å². The highest BCUT2D eigenvalue weighted by Gasteiger charge is 2.44. The van der Waals surface area contributed by atoms with Gasteiger partial charge >= 0.3 is 11.9 Å². The van der Waals surface area contributed by atoms with Crippen LogP contribution in [0.3, 0.4) is 0 Å². The van der Waals surface area contributed by atoms with Gasteiger partial charge in [-0.2, -0.15) is 0 Å². The van der Waals surface area contributed by atoms with Crippen LogP contribution in [-0.2, 0) is 28.6 Å². The normalized spacial score (nSPS) is 23.0. The summed E-state index contributed by atoms with van der Waals surface area (Å²) in [6.07, 6.45) is -5.14. The van der Waals surface area contributed by atoms with Crippen LogP contribution in [0.5, 0.6) is 0 Å². The van der Waals surface area contributed by atoms with E-state index < -0.39 is 84.8 Å². The topological polar surface area (TPSA) is 240 Å². The van der Waals surface area contributed by atoms with Crippen molar-refractivity contribution in [2.45, 2.75) is 83.8 Å². The summed E-state index contributed by atoms with van der Waals surface area (Å²) in [5.41, 5.74) is 11.3. The lowest BCUT2D eigenvalue weighted by molar-refractivity contribution is -0.197. The van der Waals surface area contributed by atoms with Gasteiger partial charge in [0.05, 0.1) is 25.1 Å². The largest absolute Gasteiger partial charge is 0.478 e. The second-order valence-electron chi connectivity index (χ2n) is 9.28. The van der Waals surface area contributed by atoms with Gasteiger partial charge < -0.3 is 51.6 Å². The van der Waals surface area contributed by atoms with E-state index in [1.807, 2.05) is 13.8 Å². The average Bonchev–Trinajstić information content (AvgIpc) is 2.77. The Morgan fingerprint density at radius 3 is 2.22 bits per heavy atom. The SMILES string of the molecule is CC(=O)N[C@H]1[C@H]([C@@H](O)[C@H](O)CO)OC(C(=O)OC(OC(=O)C[C@@H](N)C(C)C)C(C)C)=C[C@@H]1NC(=N)N. The summed E-state index contributed by atoms with van der Waals surface area (Å²) in [5, 5.41) is 42.4. The van der Waals surface area contributed by atoms with Crippen molar-refractivity contribution in [2.24, 2.45) is 23.3 Å². The fourth-order valence-corrected chi connectivity index (χ4v) is 3.24. The molecule has 1 aliphatic rings. The third-order valence-corrected chi connectivity index (χ3v) is 5.42. The maximum atomic E-state index is 13.0. The number of rotatable bonds is 12. The molecule has 1 amide bonds. The molecule has 206 valence electrons. The number of ether oxygens (including phenoxy) is 3. The van der Waals surface area contributed by atoms with E-state index in [1.165, 1.54) is 13.0 Å². The van der Waals surface area contributed by atoms with Gasteiger partial charge in [-0.3, -0.25) is 15.0 Å². The van der Waals surface area contributed by atoms with Gasteiger partial charge in [0.2, 0.25) is 18.0 Å². The molecular formula is C22H39N5O9. The molecule has 1 unspecified atom stereocenters. The minimum atomic E-state index is -1.77. The molecule has 36 heavy (non-hydrogen) atoms. The van der Waals surface area contributed by atoms with Crippen LogP contribution in [0.25, 0.3) is 0 Å². The zero-order chi connectivity index (χ0) is 27.7. The average molecular weight is 518 g/mol. The van der Waals surface area contributed by atoms with E-state index in [1.54, 1.807) is 13.8 Å². The molecule has 0 aromatic rings. The van der Waals surface area contributed by atoms with Gasteiger partial charge in [-0.05, 0) is 12.0 Å². The van der Waals surface area contributed by atoms with Crippen LogP contribution in [0.15, 0.2) is 11.8 Å². The van der Waals surface area contributed by atoms with Crippen molar-refractivity contribution in [1.82, 2.24) is 10.6 Å². The summed E-state index contributed by atoms with van der Waals surface area (Å²) >= 11 is 0. The van der Waals surface area contributed by atoms with Crippen LogP contribution in [0.1, 0.15) is 41.0 Å². The molecule has 0 aromatic heterocycles. The van der Waals surface area contributed by atoms with Gasteiger partial charge in [-0.1, -0.05) is 27.7 Å². The predicted octanol–water partition coefficient (Wildman–Crippen LogP) is -2.22. The van der Waals surface area contributed by atoms with Crippen LogP contribution in [0.2, 0.25) is 0 Å². The van der Waals surface area contributed by atoms with Gasteiger partial charge in [-0.15, -0.1) is 0 Å². The third-order valence-electron chi connectivity index (χ3n) is 5.42. The molecule has 0 aromatic carbocycles. The standard InChI is InChI=1S/C22H39N5O9/c1-9(2)12(23)6-16(31)35-21(10(3)4)36-20(33)15-7-13(27-22(24)25)17(26-11(5)29)19(34-15)18(32)14(30)8-28/h7,9-10,12-14,17-19,21,28,30,32H,6,8,23H2,1-5H3,(H,26,29)(H4,24,25,27)/t12-,13+,14-,17-,18+,19-,21?/m1/s1. The Kier molecular flexibility index (Phi) is 12.1. The highest BCUT2D eigenvalue weighted by atomic mass is 16.7. The van der Waals surface area contributed by atoms with Gasteiger partial charge in [0, 0.05) is 18.9 Å². The number of aliphatic hydroxyl groups excluding tert-OH is 3. The number of nitrogens with two attached hydrogens (primary N) is 2. The Hall–Kier alpha value is -2.94. The molecule has 10 N–H and O–H groups in total. The van der Waals surface area contributed by atoms with Crippen molar-refractivity contribution in [1.29, 1.82) is 5.41 Å². The second kappa shape index (κ2) is 14.0. The first-order chi connectivity index (χ1) is 16.7. The highest BCUT2D eigenvalue weighted by molar-refractivity contribution is 5.87. The van der Waals surface area contributed by atoms with E-state index in [9.17, 15) is 29.7 Å². The van der Waals surface area contributed by atoms with Crippen molar-refractivity contribution in [3.05, 3.63) is 11.8 Å². The lowest BCUT2D eigenvalue weighted by Crippen LogP contribution is -2.64. The number of esters is 2. The number of nitrogens with one attached hydrogen (secondary N) is 3. The zero-order valence-electron chi connectivity index (χ0n) is 21.1. The summed E-state index contributed by atoms with van der Waals surface area (Å²) in [6, 6.07) is -2.62. The Bertz CT molecular complexity index is 820. The van der Waals surface area contributed by atoms with Crippen LogP contribution in [-0.4, -0.2) is 88.5 Å². The maximum absolute atomic E-state index is 13.0. The number of carbonyl (C=O) groups is 3. The van der Waals surface area contributed by atoms with Crippen LogP contribution >= 0.6 is 0 Å². The molecule has 14 heteroatoms. The number of guanidine groups is 1. The molecule has 14 nitrogen and oxygen atoms in total. The molecule has 0 fully saturated rings. The summed E-state index contributed by atoms with van der Waals surface area (Å²) in [5.74, 6) is -3.70. The molecular weight excluding hydrogens is 478 g/mol. The van der Waals surface area contributed by atoms with Gasteiger partial charge in [0.1, 0.15) is 18.3 Å². The van der Waals surface area contributed by atoms with Crippen molar-refractivity contribution in [3.8, 4) is 0 Å². The van der Waals surface area contributed by atoms with Crippen LogP contribution in [0.4, 0.5) is 0 Å². The quantitative estimate of drug-likeness (QED) is 0.0594. The molecule has 0 bridgehead atoms. The summed E-state index contributed by atoms with van der Waals surface area (Å²) < 4.78 is 16.2. The van der Waals surface area contributed by atoms with Crippen LogP contribution < -0.4 is 22.1 Å². The molecule has 0 aliphatic carbocycles. The smallest absolute Gasteiger partial charge is 0.376 e. The number of hydrogen-bond donors (Lipinski definition) is 8. The number of carbonyl (C=O) groups excluding carboxylic acids is 3. The number of amides is 1. The molecule has 0 saturated heterocycles. The fraction of sp³-hybridized carbons (Fsp3) is 0.727. The van der Waals surface area contributed by atoms with Crippen molar-refractivity contribution < 1.29 is 43.9 Å². The summed E-state index contributed by atoms with van der Waals surface area (Å²) in [7, 11) is 0. The van der Waals surface area contributed by atoms with E-state index in [4.69, 9.17) is 31.1 Å². The van der Waals surface area contributed by atoms with Crippen LogP contribution in [0, 0.1) is 17.2 Å². The lowest BCUT2D eigenvalue weighted by atomic mass is 9.92. The van der Waals surface area contributed by atoms with E-state index in [0.29, 0.717) is 0 Å². The first kappa shape index (κ1) is 31.1. The Balaban J connectivity index is 3.22. The number of aliphatic hydroxyl groups is 3. The highest BCUT2D eigenvalue weighted by Crippen LogP contribution is 2.25. The maximum Gasteiger partial charge on any atom is 0.376 e. The molecule has 1 heterocycles. The van der Waals surface area contributed by atoms with Crippen molar-refractivity contribution >= 4 is 23.8 Å². The predicted molar refractivity (Wildman–Crippen MR) is 127 cm³/mol. The third kappa shape index (κ3) is 9.26. The molecule has 0 saturated carbocycles. The Morgan fingerprint density at radius 2 is 1.75 bits per heavy atom. The number of hydrogen-bond acceptors (Lipinski definition) is 11. The monoisotopic (exact) mass is 517 g/mol. The molecule has 1 aliphatic heterocycles. The summed E-state index contributed by atoms with van der Waals surface area (Å²) in [4.78, 5) is 37.0. The van der Waals surface area contributed by atoms with Crippen molar-refractivity contribution in [3.63, 3.8) is 0 Å². The first-order valence-corrected chi connectivity index (χ1v) is 11.6. The fourth-order valence-electron chi connectivity index (χ4n) is 3.24. The van der Waals surface area contributed by atoms with Gasteiger partial charge in [0.15, 0.2) is 5.96 Å². The van der Waals surface area contributed by atoms with Gasteiger partial charge in [-0.25, -0.2) is 4.79 Å². The Labute approximate surface area is 209 Å². The minimum absolute atomic E-state index is 0.0262. The summed E-state index contributed by atoms with van der Waals surface area (Å²) in [6.45, 7) is 7.36. The van der Waals surface area contributed by atoms with Gasteiger partial charge in [0.25, 0.3) is 0 Å². The lowest BCUT2D eigenvalue weighted by Gasteiger charge is -2.40. The molecule has 0 spiro atoms. The second-order valence-corrected chi connectivity index (χ2v) is 9.28. The zero-order valence-corrected chi connectivity index (χ0v) is 21.1. The molecule has 0 radical (unpaired) electrons. The minimum Gasteiger partial charge on any atom is -0.478 e. The Morgan fingerprint density at radius 1 is 1.14 bits per heavy atom. The van der Waals surface area contributed by atoms with Crippen molar-refractivity contribution in [2.75, 3.05) is 6.61 Å². The molecule has 1 rings (SSSR count).